The van der Waals surface area contributed by atoms with Crippen LogP contribution in [0.2, 0.25) is 0 Å². The van der Waals surface area contributed by atoms with Crippen molar-refractivity contribution in [2.45, 2.75) is 51.9 Å². The van der Waals surface area contributed by atoms with Gasteiger partial charge in [0.05, 0.1) is 0 Å². The fourth-order valence-corrected chi connectivity index (χ4v) is 2.30. The first kappa shape index (κ1) is 9.65. The molecule has 1 rings (SSSR count). The van der Waals surface area contributed by atoms with Crippen molar-refractivity contribution in [1.29, 1.82) is 0 Å². The Bertz CT molecular complexity index is 144. The molecule has 68 valence electrons. The highest BCUT2D eigenvalue weighted by atomic mass is 14.2. The summed E-state index contributed by atoms with van der Waals surface area (Å²) in [5.74, 6) is 4.65. The molecule has 0 aromatic heterocycles. The van der Waals surface area contributed by atoms with Crippen molar-refractivity contribution in [2.24, 2.45) is 11.8 Å². The van der Waals surface area contributed by atoms with Crippen LogP contribution in [0.5, 0.6) is 0 Å². The highest BCUT2D eigenvalue weighted by Gasteiger charge is 2.19. The van der Waals surface area contributed by atoms with Crippen LogP contribution >= 0.6 is 0 Å². The lowest BCUT2D eigenvalue weighted by Gasteiger charge is -2.26. The summed E-state index contributed by atoms with van der Waals surface area (Å²) in [7, 11) is 0. The Kier molecular flexibility index (Phi) is 4.22. The molecule has 0 aliphatic heterocycles. The van der Waals surface area contributed by atoms with E-state index >= 15 is 0 Å². The minimum atomic E-state index is 0.850. The van der Waals surface area contributed by atoms with E-state index < -0.39 is 0 Å². The molecule has 0 atom stereocenters. The zero-order valence-corrected chi connectivity index (χ0v) is 8.18. The molecule has 0 spiro atoms. The fourth-order valence-electron chi connectivity index (χ4n) is 2.30. The van der Waals surface area contributed by atoms with Crippen molar-refractivity contribution in [3.05, 3.63) is 0 Å². The largest absolute Gasteiger partial charge is 0.120 e. The number of rotatable bonds is 3. The van der Waals surface area contributed by atoms with Gasteiger partial charge in [0.2, 0.25) is 0 Å². The SMILES string of the molecule is C#CCC1CCC(CCC)CC1. The molecule has 0 amide bonds. The Balaban J connectivity index is 2.16. The average molecular weight is 164 g/mol. The van der Waals surface area contributed by atoms with Crippen LogP contribution in [0.1, 0.15) is 51.9 Å². The van der Waals surface area contributed by atoms with Gasteiger partial charge < -0.3 is 0 Å². The molecule has 12 heavy (non-hydrogen) atoms. The Hall–Kier alpha value is -0.440. The molecule has 0 heteroatoms. The third kappa shape index (κ3) is 2.89. The van der Waals surface area contributed by atoms with Crippen molar-refractivity contribution in [1.82, 2.24) is 0 Å². The van der Waals surface area contributed by atoms with E-state index in [0.29, 0.717) is 0 Å². The molecule has 0 unspecified atom stereocenters. The minimum absolute atomic E-state index is 0.850. The summed E-state index contributed by atoms with van der Waals surface area (Å²) < 4.78 is 0. The summed E-state index contributed by atoms with van der Waals surface area (Å²) in [6.07, 6.45) is 14.7. The highest BCUT2D eigenvalue weighted by molar-refractivity contribution is 4.88. The van der Waals surface area contributed by atoms with Crippen molar-refractivity contribution in [2.75, 3.05) is 0 Å². The van der Waals surface area contributed by atoms with Crippen molar-refractivity contribution < 1.29 is 0 Å². The Labute approximate surface area is 76.7 Å². The number of hydrogen-bond acceptors (Lipinski definition) is 0. The lowest BCUT2D eigenvalue weighted by molar-refractivity contribution is 0.265. The molecule has 0 radical (unpaired) electrons. The van der Waals surface area contributed by atoms with E-state index in [1.165, 1.54) is 38.5 Å². The molecule has 0 nitrogen and oxygen atoms in total. The zero-order valence-electron chi connectivity index (χ0n) is 8.18. The lowest BCUT2D eigenvalue weighted by Crippen LogP contribution is -2.13. The van der Waals surface area contributed by atoms with Gasteiger partial charge in [0.1, 0.15) is 0 Å². The van der Waals surface area contributed by atoms with Crippen molar-refractivity contribution in [3.63, 3.8) is 0 Å². The molecular formula is C12H20. The summed E-state index contributed by atoms with van der Waals surface area (Å²) in [5, 5.41) is 0. The average Bonchev–Trinajstić information content (AvgIpc) is 2.09. The molecule has 0 N–H and O–H groups in total. The maximum atomic E-state index is 5.30. The van der Waals surface area contributed by atoms with E-state index in [-0.39, 0.29) is 0 Å². The van der Waals surface area contributed by atoms with E-state index in [2.05, 4.69) is 12.8 Å². The van der Waals surface area contributed by atoms with Crippen molar-refractivity contribution >= 4 is 0 Å². The van der Waals surface area contributed by atoms with Crippen LogP contribution in [0.3, 0.4) is 0 Å². The van der Waals surface area contributed by atoms with Gasteiger partial charge >= 0.3 is 0 Å². The molecular weight excluding hydrogens is 144 g/mol. The Morgan fingerprint density at radius 2 is 1.75 bits per heavy atom. The van der Waals surface area contributed by atoms with Gasteiger partial charge in [-0.2, -0.15) is 0 Å². The molecule has 0 bridgehead atoms. The van der Waals surface area contributed by atoms with Crippen LogP contribution in [0.25, 0.3) is 0 Å². The first-order valence-electron chi connectivity index (χ1n) is 5.30. The van der Waals surface area contributed by atoms with Gasteiger partial charge in [-0.1, -0.05) is 32.6 Å². The summed E-state index contributed by atoms with van der Waals surface area (Å²) in [6.45, 7) is 2.29. The number of hydrogen-bond donors (Lipinski definition) is 0. The summed E-state index contributed by atoms with van der Waals surface area (Å²) in [5.41, 5.74) is 0. The molecule has 0 aromatic carbocycles. The minimum Gasteiger partial charge on any atom is -0.120 e. The quantitative estimate of drug-likeness (QED) is 0.559. The van der Waals surface area contributed by atoms with Crippen LogP contribution in [0.4, 0.5) is 0 Å². The topological polar surface area (TPSA) is 0 Å². The van der Waals surface area contributed by atoms with Crippen molar-refractivity contribution in [3.8, 4) is 12.3 Å². The summed E-state index contributed by atoms with van der Waals surface area (Å²) in [6, 6.07) is 0. The zero-order chi connectivity index (χ0) is 8.81. The van der Waals surface area contributed by atoms with E-state index in [9.17, 15) is 0 Å². The van der Waals surface area contributed by atoms with E-state index in [0.717, 1.165) is 18.3 Å². The molecule has 0 aromatic rings. The molecule has 1 aliphatic carbocycles. The third-order valence-electron chi connectivity index (χ3n) is 3.07. The van der Waals surface area contributed by atoms with Gasteiger partial charge in [-0.15, -0.1) is 12.3 Å². The van der Waals surface area contributed by atoms with Crippen LogP contribution in [-0.2, 0) is 0 Å². The normalized spacial score (nSPS) is 29.7. The van der Waals surface area contributed by atoms with Gasteiger partial charge in [-0.3, -0.25) is 0 Å². The standard InChI is InChI=1S/C12H20/c1-3-5-11-7-9-12(6-4-2)10-8-11/h1,11-12H,4-10H2,2H3. The second-order valence-electron chi connectivity index (χ2n) is 4.08. The van der Waals surface area contributed by atoms with Crippen LogP contribution in [0.15, 0.2) is 0 Å². The van der Waals surface area contributed by atoms with Gasteiger partial charge in [0, 0.05) is 6.42 Å². The number of terminal acetylenes is 1. The lowest BCUT2D eigenvalue weighted by atomic mass is 9.79. The first-order valence-corrected chi connectivity index (χ1v) is 5.30. The third-order valence-corrected chi connectivity index (χ3v) is 3.07. The fraction of sp³-hybridized carbons (Fsp3) is 0.833. The summed E-state index contributed by atoms with van der Waals surface area (Å²) in [4.78, 5) is 0. The molecule has 0 saturated heterocycles. The first-order chi connectivity index (χ1) is 5.86. The second kappa shape index (κ2) is 5.25. The molecule has 0 heterocycles. The van der Waals surface area contributed by atoms with Crippen LogP contribution in [-0.4, -0.2) is 0 Å². The molecule has 1 saturated carbocycles. The van der Waals surface area contributed by atoms with Gasteiger partial charge in [-0.05, 0) is 24.7 Å². The van der Waals surface area contributed by atoms with Crippen LogP contribution < -0.4 is 0 Å². The maximum Gasteiger partial charge on any atom is 0.0114 e. The van der Waals surface area contributed by atoms with E-state index in [4.69, 9.17) is 6.42 Å². The highest BCUT2D eigenvalue weighted by Crippen LogP contribution is 2.32. The van der Waals surface area contributed by atoms with Crippen LogP contribution in [0, 0.1) is 24.2 Å². The smallest absolute Gasteiger partial charge is 0.0114 e. The molecule has 1 fully saturated rings. The van der Waals surface area contributed by atoms with Gasteiger partial charge in [0.15, 0.2) is 0 Å². The van der Waals surface area contributed by atoms with E-state index in [1.54, 1.807) is 0 Å². The van der Waals surface area contributed by atoms with E-state index in [1.807, 2.05) is 0 Å². The van der Waals surface area contributed by atoms with Gasteiger partial charge in [0.25, 0.3) is 0 Å². The monoisotopic (exact) mass is 164 g/mol. The second-order valence-corrected chi connectivity index (χ2v) is 4.08. The summed E-state index contributed by atoms with van der Waals surface area (Å²) >= 11 is 0. The Morgan fingerprint density at radius 1 is 1.17 bits per heavy atom. The predicted octanol–water partition coefficient (Wildman–Crippen LogP) is 3.62. The Morgan fingerprint density at radius 3 is 2.25 bits per heavy atom. The molecule has 1 aliphatic rings. The van der Waals surface area contributed by atoms with Gasteiger partial charge in [-0.25, -0.2) is 0 Å². The maximum absolute atomic E-state index is 5.30. The predicted molar refractivity (Wildman–Crippen MR) is 53.8 cm³/mol.